The van der Waals surface area contributed by atoms with Gasteiger partial charge in [0.25, 0.3) is 0 Å². The van der Waals surface area contributed by atoms with E-state index < -0.39 is 5.38 Å². The maximum absolute atomic E-state index is 11.6. The summed E-state index contributed by atoms with van der Waals surface area (Å²) in [5.74, 6) is 0.329. The van der Waals surface area contributed by atoms with Gasteiger partial charge in [-0.3, -0.25) is 9.59 Å². The quantitative estimate of drug-likeness (QED) is 0.745. The molecule has 1 saturated carbocycles. The van der Waals surface area contributed by atoms with E-state index in [0.29, 0.717) is 13.1 Å². The summed E-state index contributed by atoms with van der Waals surface area (Å²) >= 11 is 5.69. The molecule has 2 amide bonds. The monoisotopic (exact) mass is 244 g/mol. The Morgan fingerprint density at radius 1 is 1.38 bits per heavy atom. The predicted octanol–water partition coefficient (Wildman–Crippen LogP) is 0.741. The number of rotatable bonds is 3. The third-order valence-corrected chi connectivity index (χ3v) is 3.54. The van der Waals surface area contributed by atoms with Crippen LogP contribution in [0.5, 0.6) is 0 Å². The molecule has 0 aromatic heterocycles. The van der Waals surface area contributed by atoms with Crippen LogP contribution in [0, 0.1) is 5.92 Å². The van der Waals surface area contributed by atoms with Gasteiger partial charge in [0.1, 0.15) is 5.38 Å². The van der Waals surface area contributed by atoms with Crippen LogP contribution in [0.2, 0.25) is 0 Å². The van der Waals surface area contributed by atoms with Gasteiger partial charge in [0.15, 0.2) is 0 Å². The van der Waals surface area contributed by atoms with Crippen molar-refractivity contribution in [3.05, 3.63) is 0 Å². The molecule has 1 N–H and O–H groups in total. The van der Waals surface area contributed by atoms with Gasteiger partial charge in [0.2, 0.25) is 11.8 Å². The molecule has 2 fully saturated rings. The number of alkyl halides is 1. The summed E-state index contributed by atoms with van der Waals surface area (Å²) in [6, 6.07) is 0.132. The van der Waals surface area contributed by atoms with Crippen LogP contribution in [-0.2, 0) is 9.59 Å². The van der Waals surface area contributed by atoms with Crippen molar-refractivity contribution < 1.29 is 9.59 Å². The summed E-state index contributed by atoms with van der Waals surface area (Å²) in [6.45, 7) is 2.88. The van der Waals surface area contributed by atoms with Gasteiger partial charge in [0.05, 0.1) is 6.04 Å². The second-order valence-corrected chi connectivity index (χ2v) is 5.35. The Morgan fingerprint density at radius 2 is 2.00 bits per heavy atom. The van der Waals surface area contributed by atoms with Crippen LogP contribution in [0.25, 0.3) is 0 Å². The number of carbonyl (C=O) groups excluding carboxylic acids is 2. The highest BCUT2D eigenvalue weighted by molar-refractivity contribution is 6.30. The molecule has 0 radical (unpaired) electrons. The summed E-state index contributed by atoms with van der Waals surface area (Å²) in [5.41, 5.74) is 0. The van der Waals surface area contributed by atoms with Crippen molar-refractivity contribution in [3.63, 3.8) is 0 Å². The van der Waals surface area contributed by atoms with Crippen molar-refractivity contribution in [3.8, 4) is 0 Å². The fourth-order valence-corrected chi connectivity index (χ4v) is 2.13. The van der Waals surface area contributed by atoms with E-state index >= 15 is 0 Å². The van der Waals surface area contributed by atoms with Crippen LogP contribution in [-0.4, -0.2) is 41.2 Å². The standard InChI is InChI=1S/C11H17ClN2O2/c1-7(12)11(16)14-5-9(6-14)13-10(15)8-3-2-4-8/h7-9H,2-6H2,1H3,(H,13,15). The van der Waals surface area contributed by atoms with Crippen LogP contribution in [0.4, 0.5) is 0 Å². The average Bonchev–Trinajstić information content (AvgIpc) is 2.06. The van der Waals surface area contributed by atoms with E-state index in [1.165, 1.54) is 0 Å². The number of nitrogens with one attached hydrogen (secondary N) is 1. The molecule has 1 atom stereocenters. The average molecular weight is 245 g/mol. The van der Waals surface area contributed by atoms with E-state index in [9.17, 15) is 9.59 Å². The largest absolute Gasteiger partial charge is 0.350 e. The molecule has 1 saturated heterocycles. The van der Waals surface area contributed by atoms with Crippen molar-refractivity contribution in [1.29, 1.82) is 0 Å². The van der Waals surface area contributed by atoms with Crippen molar-refractivity contribution in [2.75, 3.05) is 13.1 Å². The Morgan fingerprint density at radius 3 is 2.44 bits per heavy atom. The van der Waals surface area contributed by atoms with E-state index in [1.54, 1.807) is 11.8 Å². The molecular weight excluding hydrogens is 228 g/mol. The molecule has 2 aliphatic rings. The molecular formula is C11H17ClN2O2. The summed E-state index contributed by atoms with van der Waals surface area (Å²) < 4.78 is 0. The van der Waals surface area contributed by atoms with Crippen molar-refractivity contribution in [2.24, 2.45) is 5.92 Å². The first-order chi connectivity index (χ1) is 7.58. The van der Waals surface area contributed by atoms with Gasteiger partial charge in [-0.15, -0.1) is 11.6 Å². The molecule has 2 rings (SSSR count). The summed E-state index contributed by atoms with van der Waals surface area (Å²) in [6.07, 6.45) is 3.19. The highest BCUT2D eigenvalue weighted by Crippen LogP contribution is 2.26. The molecule has 1 aliphatic carbocycles. The first-order valence-electron chi connectivity index (χ1n) is 5.81. The number of hydrogen-bond donors (Lipinski definition) is 1. The molecule has 0 spiro atoms. The lowest BCUT2D eigenvalue weighted by Crippen LogP contribution is -2.62. The predicted molar refractivity (Wildman–Crippen MR) is 61.2 cm³/mol. The van der Waals surface area contributed by atoms with Gasteiger partial charge in [-0.1, -0.05) is 6.42 Å². The Kier molecular flexibility index (Phi) is 3.38. The van der Waals surface area contributed by atoms with Gasteiger partial charge in [-0.25, -0.2) is 0 Å². The molecule has 0 aromatic carbocycles. The number of halogens is 1. The molecule has 4 nitrogen and oxygen atoms in total. The maximum atomic E-state index is 11.6. The Bertz CT molecular complexity index is 296. The van der Waals surface area contributed by atoms with Crippen LogP contribution < -0.4 is 5.32 Å². The first-order valence-corrected chi connectivity index (χ1v) is 6.25. The van der Waals surface area contributed by atoms with Crippen molar-refractivity contribution in [2.45, 2.75) is 37.6 Å². The molecule has 0 bridgehead atoms. The Labute approximate surface area is 100 Å². The SMILES string of the molecule is CC(Cl)C(=O)N1CC(NC(=O)C2CCC2)C1. The second-order valence-electron chi connectivity index (χ2n) is 4.69. The third-order valence-electron chi connectivity index (χ3n) is 3.36. The van der Waals surface area contributed by atoms with Crippen LogP contribution in [0.3, 0.4) is 0 Å². The van der Waals surface area contributed by atoms with Crippen molar-refractivity contribution >= 4 is 23.4 Å². The van der Waals surface area contributed by atoms with E-state index in [2.05, 4.69) is 5.32 Å². The normalized spacial score (nSPS) is 23.2. The highest BCUT2D eigenvalue weighted by atomic mass is 35.5. The van der Waals surface area contributed by atoms with Gasteiger partial charge in [-0.05, 0) is 19.8 Å². The number of likely N-dealkylation sites (tertiary alicyclic amines) is 1. The fourth-order valence-electron chi connectivity index (χ4n) is 1.99. The van der Waals surface area contributed by atoms with Crippen LogP contribution in [0.15, 0.2) is 0 Å². The smallest absolute Gasteiger partial charge is 0.240 e. The molecule has 1 unspecified atom stereocenters. The molecule has 0 aromatic rings. The van der Waals surface area contributed by atoms with Gasteiger partial charge in [0, 0.05) is 19.0 Å². The lowest BCUT2D eigenvalue weighted by atomic mass is 9.84. The van der Waals surface area contributed by atoms with E-state index in [0.717, 1.165) is 19.3 Å². The summed E-state index contributed by atoms with van der Waals surface area (Å²) in [4.78, 5) is 24.7. The van der Waals surface area contributed by atoms with E-state index in [-0.39, 0.29) is 23.8 Å². The van der Waals surface area contributed by atoms with Gasteiger partial charge >= 0.3 is 0 Å². The summed E-state index contributed by atoms with van der Waals surface area (Å²) in [7, 11) is 0. The van der Waals surface area contributed by atoms with E-state index in [1.807, 2.05) is 0 Å². The number of hydrogen-bond acceptors (Lipinski definition) is 2. The zero-order valence-corrected chi connectivity index (χ0v) is 10.2. The topological polar surface area (TPSA) is 49.4 Å². The molecule has 1 heterocycles. The molecule has 16 heavy (non-hydrogen) atoms. The van der Waals surface area contributed by atoms with Crippen LogP contribution in [0.1, 0.15) is 26.2 Å². The second kappa shape index (κ2) is 4.62. The minimum atomic E-state index is -0.469. The third kappa shape index (κ3) is 2.32. The van der Waals surface area contributed by atoms with Crippen molar-refractivity contribution in [1.82, 2.24) is 10.2 Å². The summed E-state index contributed by atoms with van der Waals surface area (Å²) in [5, 5.41) is 2.50. The van der Waals surface area contributed by atoms with E-state index in [4.69, 9.17) is 11.6 Å². The molecule has 1 aliphatic heterocycles. The van der Waals surface area contributed by atoms with Gasteiger partial charge < -0.3 is 10.2 Å². The van der Waals surface area contributed by atoms with Crippen LogP contribution >= 0.6 is 11.6 Å². The number of carbonyl (C=O) groups is 2. The zero-order chi connectivity index (χ0) is 11.7. The lowest BCUT2D eigenvalue weighted by molar-refractivity contribution is -0.138. The lowest BCUT2D eigenvalue weighted by Gasteiger charge is -2.41. The fraction of sp³-hybridized carbons (Fsp3) is 0.818. The van der Waals surface area contributed by atoms with Gasteiger partial charge in [-0.2, -0.15) is 0 Å². The minimum absolute atomic E-state index is 0.0455. The molecule has 5 heteroatoms. The highest BCUT2D eigenvalue weighted by Gasteiger charge is 2.35. The number of amides is 2. The Hall–Kier alpha value is -0.770. The number of nitrogens with zero attached hydrogens (tertiary/aromatic N) is 1. The zero-order valence-electron chi connectivity index (χ0n) is 9.41. The minimum Gasteiger partial charge on any atom is -0.350 e. The maximum Gasteiger partial charge on any atom is 0.240 e. The Balaban J connectivity index is 1.68. The first kappa shape index (κ1) is 11.7. The molecule has 90 valence electrons.